The van der Waals surface area contributed by atoms with Gasteiger partial charge in [0.2, 0.25) is 12.0 Å². The maximum Gasteiger partial charge on any atom is 0.283 e. The summed E-state index contributed by atoms with van der Waals surface area (Å²) in [6.07, 6.45) is 9.42. The summed E-state index contributed by atoms with van der Waals surface area (Å²) >= 11 is 1.52. The van der Waals surface area contributed by atoms with E-state index in [0.717, 1.165) is 28.4 Å². The van der Waals surface area contributed by atoms with Crippen molar-refractivity contribution in [3.8, 4) is 11.5 Å². The Morgan fingerprint density at radius 1 is 1.10 bits per heavy atom. The van der Waals surface area contributed by atoms with Gasteiger partial charge in [0.15, 0.2) is 17.3 Å². The molecule has 1 N–H and O–H groups in total. The van der Waals surface area contributed by atoms with Gasteiger partial charge in [0.25, 0.3) is 5.91 Å². The number of fused-ring (bicyclic) bond motifs is 2. The predicted octanol–water partition coefficient (Wildman–Crippen LogP) is 4.25. The average molecular weight is 435 g/mol. The number of amidine groups is 2. The van der Waals surface area contributed by atoms with Gasteiger partial charge in [-0.1, -0.05) is 6.07 Å². The fourth-order valence-electron chi connectivity index (χ4n) is 6.75. The minimum atomic E-state index is -0.386. The highest BCUT2D eigenvalue weighted by Gasteiger charge is 2.55. The molecule has 0 atom stereocenters. The van der Waals surface area contributed by atoms with Crippen LogP contribution in [0, 0.1) is 28.6 Å². The molecule has 7 aliphatic rings. The lowest BCUT2D eigenvalue weighted by Gasteiger charge is -2.56. The van der Waals surface area contributed by atoms with Gasteiger partial charge < -0.3 is 9.47 Å². The summed E-state index contributed by atoms with van der Waals surface area (Å²) in [4.78, 5) is 17.1. The van der Waals surface area contributed by atoms with Crippen molar-refractivity contribution in [3.05, 3.63) is 29.3 Å². The third-order valence-corrected chi connectivity index (χ3v) is 8.81. The summed E-state index contributed by atoms with van der Waals surface area (Å²) in [5.74, 6) is 3.49. The lowest BCUT2D eigenvalue weighted by molar-refractivity contribution is -0.114. The smallest absolute Gasteiger partial charge is 0.283 e. The third kappa shape index (κ3) is 2.67. The van der Waals surface area contributed by atoms with Crippen LogP contribution in [0.3, 0.4) is 0 Å². The summed E-state index contributed by atoms with van der Waals surface area (Å²) in [6.45, 7) is 0.199. The van der Waals surface area contributed by atoms with Crippen molar-refractivity contribution in [2.24, 2.45) is 33.3 Å². The van der Waals surface area contributed by atoms with E-state index in [2.05, 4.69) is 4.99 Å². The van der Waals surface area contributed by atoms with Crippen molar-refractivity contribution in [2.45, 2.75) is 38.5 Å². The maximum absolute atomic E-state index is 12.8. The molecule has 1 aromatic carbocycles. The summed E-state index contributed by atoms with van der Waals surface area (Å²) < 4.78 is 10.8. The number of nitrogens with zero attached hydrogens (tertiary/aromatic N) is 3. The molecule has 0 spiro atoms. The molecule has 0 saturated heterocycles. The molecule has 7 nitrogen and oxygen atoms in total. The molecule has 31 heavy (non-hydrogen) atoms. The number of rotatable bonds is 2. The second-order valence-electron chi connectivity index (χ2n) is 9.74. The largest absolute Gasteiger partial charge is 0.454 e. The Morgan fingerprint density at radius 3 is 2.55 bits per heavy atom. The zero-order valence-corrected chi connectivity index (χ0v) is 17.8. The number of carbonyl (C=O) groups excluding carboxylic acids is 1. The number of hydrazone groups is 1. The molecule has 1 amide bonds. The van der Waals surface area contributed by atoms with Crippen molar-refractivity contribution < 1.29 is 14.3 Å². The molecular weight excluding hydrogens is 412 g/mol. The van der Waals surface area contributed by atoms with Crippen LogP contribution in [-0.2, 0) is 4.79 Å². The molecule has 3 heterocycles. The molecule has 4 bridgehead atoms. The lowest BCUT2D eigenvalue weighted by atomic mass is 9.50. The van der Waals surface area contributed by atoms with Crippen LogP contribution in [0.4, 0.5) is 0 Å². The summed E-state index contributed by atoms with van der Waals surface area (Å²) in [5, 5.41) is 16.8. The van der Waals surface area contributed by atoms with E-state index in [4.69, 9.17) is 20.0 Å². The van der Waals surface area contributed by atoms with Crippen LogP contribution in [-0.4, -0.2) is 33.8 Å². The van der Waals surface area contributed by atoms with Crippen LogP contribution in [0.25, 0.3) is 6.08 Å². The first-order valence-electron chi connectivity index (χ1n) is 11.0. The van der Waals surface area contributed by atoms with Crippen molar-refractivity contribution in [1.29, 1.82) is 5.41 Å². The predicted molar refractivity (Wildman–Crippen MR) is 118 cm³/mol. The fourth-order valence-corrected chi connectivity index (χ4v) is 7.86. The summed E-state index contributed by atoms with van der Waals surface area (Å²) in [7, 11) is 0. The quantitative estimate of drug-likeness (QED) is 0.703. The van der Waals surface area contributed by atoms with E-state index < -0.39 is 0 Å². The lowest BCUT2D eigenvalue weighted by Crippen LogP contribution is -2.49. The Bertz CT molecular complexity index is 1100. The van der Waals surface area contributed by atoms with Gasteiger partial charge in [-0.05, 0) is 91.8 Å². The van der Waals surface area contributed by atoms with Crippen LogP contribution >= 0.6 is 11.8 Å². The van der Waals surface area contributed by atoms with Crippen molar-refractivity contribution in [2.75, 3.05) is 6.79 Å². The maximum atomic E-state index is 12.8. The molecule has 0 unspecified atom stereocenters. The Morgan fingerprint density at radius 2 is 1.81 bits per heavy atom. The molecule has 0 aromatic heterocycles. The molecule has 158 valence electrons. The van der Waals surface area contributed by atoms with Crippen molar-refractivity contribution >= 4 is 39.8 Å². The first-order chi connectivity index (χ1) is 15.1. The molecule has 1 aromatic rings. The van der Waals surface area contributed by atoms with E-state index in [9.17, 15) is 4.79 Å². The Kier molecular flexibility index (Phi) is 3.61. The number of carbonyl (C=O) groups is 1. The Hall–Kier alpha value is -2.61. The van der Waals surface area contributed by atoms with Crippen molar-refractivity contribution in [3.63, 3.8) is 0 Å². The summed E-state index contributed by atoms with van der Waals surface area (Å²) in [6, 6.07) is 5.48. The number of amides is 1. The monoisotopic (exact) mass is 434 g/mol. The van der Waals surface area contributed by atoms with E-state index in [0.29, 0.717) is 16.7 Å². The number of benzene rings is 1. The van der Waals surface area contributed by atoms with E-state index >= 15 is 0 Å². The van der Waals surface area contributed by atoms with Crippen LogP contribution in [0.5, 0.6) is 11.5 Å². The Balaban J connectivity index is 1.21. The number of hydrogen-bond acceptors (Lipinski definition) is 6. The first-order valence-corrected chi connectivity index (χ1v) is 11.8. The van der Waals surface area contributed by atoms with Gasteiger partial charge in [0.05, 0.1) is 5.57 Å². The van der Waals surface area contributed by atoms with Crippen LogP contribution in [0.1, 0.15) is 44.1 Å². The average Bonchev–Trinajstić information content (AvgIpc) is 3.37. The topological polar surface area (TPSA) is 87.3 Å². The normalized spacial score (nSPS) is 36.2. The Labute approximate surface area is 184 Å². The SMILES string of the molecule is N=C1C(=Cc2ccc3c(c2)OCO3)C(=O)N=C2SC(C34CC5CC(CC(C5)C3)C4)=NN12. The van der Waals surface area contributed by atoms with E-state index in [1.165, 1.54) is 50.3 Å². The minimum Gasteiger partial charge on any atom is -0.454 e. The number of hydrogen-bond donors (Lipinski definition) is 1. The highest BCUT2D eigenvalue weighted by atomic mass is 32.2. The molecule has 4 fully saturated rings. The van der Waals surface area contributed by atoms with Crippen LogP contribution in [0.2, 0.25) is 0 Å². The number of aliphatic imine (C=N–C) groups is 1. The molecular formula is C23H22N4O3S. The fraction of sp³-hybridized carbons (Fsp3) is 0.478. The van der Waals surface area contributed by atoms with Gasteiger partial charge in [0, 0.05) is 5.41 Å². The molecule has 4 saturated carbocycles. The molecule has 8 rings (SSSR count). The second kappa shape index (κ2) is 6.22. The van der Waals surface area contributed by atoms with Gasteiger partial charge >= 0.3 is 0 Å². The molecule has 4 aliphatic carbocycles. The van der Waals surface area contributed by atoms with Gasteiger partial charge in [-0.25, -0.2) is 0 Å². The van der Waals surface area contributed by atoms with E-state index in [-0.39, 0.29) is 29.5 Å². The molecule has 0 radical (unpaired) electrons. The van der Waals surface area contributed by atoms with Crippen LogP contribution in [0.15, 0.2) is 33.9 Å². The van der Waals surface area contributed by atoms with E-state index in [1.54, 1.807) is 11.1 Å². The highest BCUT2D eigenvalue weighted by Crippen LogP contribution is 2.62. The zero-order valence-electron chi connectivity index (χ0n) is 17.0. The zero-order chi connectivity index (χ0) is 20.7. The van der Waals surface area contributed by atoms with Gasteiger partial charge in [-0.3, -0.25) is 10.2 Å². The summed E-state index contributed by atoms with van der Waals surface area (Å²) in [5.41, 5.74) is 1.15. The number of nitrogens with one attached hydrogen (secondary N) is 1. The van der Waals surface area contributed by atoms with Gasteiger partial charge in [0.1, 0.15) is 5.04 Å². The highest BCUT2D eigenvalue weighted by molar-refractivity contribution is 8.27. The molecule has 8 heteroatoms. The number of ether oxygens (including phenoxy) is 2. The third-order valence-electron chi connectivity index (χ3n) is 7.65. The first kappa shape index (κ1) is 18.0. The minimum absolute atomic E-state index is 0.0971. The van der Waals surface area contributed by atoms with Crippen LogP contribution < -0.4 is 9.47 Å². The second-order valence-corrected chi connectivity index (χ2v) is 10.7. The molecule has 3 aliphatic heterocycles. The van der Waals surface area contributed by atoms with E-state index in [1.807, 2.05) is 18.2 Å². The standard InChI is InChI=1S/C23H22N4O3S/c24-19-16(6-12-1-2-17-18(7-12)30-11-29-17)20(28)25-22-27(19)26-21(31-22)23-8-13-3-14(9-23)5-15(4-13)10-23/h1-2,6-7,13-15,24H,3-5,8-11H2. The number of thioether (sulfide) groups is 1. The van der Waals surface area contributed by atoms with Crippen molar-refractivity contribution in [1.82, 2.24) is 5.01 Å². The van der Waals surface area contributed by atoms with Gasteiger partial charge in [-0.15, -0.1) is 0 Å². The van der Waals surface area contributed by atoms with Gasteiger partial charge in [-0.2, -0.15) is 15.1 Å².